The van der Waals surface area contributed by atoms with Crippen LogP contribution in [0.4, 0.5) is 4.79 Å². The molecule has 1 fully saturated rings. The van der Waals surface area contributed by atoms with E-state index in [1.54, 1.807) is 20.8 Å². The molecule has 1 heterocycles. The summed E-state index contributed by atoms with van der Waals surface area (Å²) >= 11 is 0. The highest BCUT2D eigenvalue weighted by atomic mass is 16.6. The first kappa shape index (κ1) is 31.1. The average Bonchev–Trinajstić information content (AvgIpc) is 3.31. The number of nitrogens with one attached hydrogen (secondary N) is 1. The van der Waals surface area contributed by atoms with Gasteiger partial charge in [-0.1, -0.05) is 58.0 Å². The van der Waals surface area contributed by atoms with Crippen molar-refractivity contribution >= 4 is 23.9 Å². The smallest absolute Gasteiger partial charge is 0.410 e. The largest absolute Gasteiger partial charge is 0.459 e. The molecule has 1 aliphatic rings. The van der Waals surface area contributed by atoms with Crippen molar-refractivity contribution in [1.29, 1.82) is 0 Å². The van der Waals surface area contributed by atoms with Gasteiger partial charge in [0.2, 0.25) is 11.8 Å². The number of amides is 3. The molecular formula is C29H45N3O6. The summed E-state index contributed by atoms with van der Waals surface area (Å²) in [5.74, 6) is -1.31. The Labute approximate surface area is 227 Å². The predicted octanol–water partition coefficient (Wildman–Crippen LogP) is 4.14. The molecule has 9 nitrogen and oxygen atoms in total. The Hall–Kier alpha value is -3.10. The zero-order valence-electron chi connectivity index (χ0n) is 24.2. The van der Waals surface area contributed by atoms with E-state index in [0.717, 1.165) is 5.56 Å². The zero-order valence-corrected chi connectivity index (χ0v) is 24.2. The standard InChI is InChI=1S/C29H45N3O6/c1-19(2)17-22(30-25(33)24(20(3)4)31(8)28(36)38-29(5,6)7)26(34)32-16-12-15-23(32)27(35)37-18-21-13-10-9-11-14-21/h9-11,13-14,19-20,22-24H,12,15-18H2,1-8H3,(H,30,33)/t22-,23-,24-/m0/s1. The molecule has 9 heteroatoms. The molecule has 0 saturated carbocycles. The van der Waals surface area contributed by atoms with Gasteiger partial charge >= 0.3 is 12.1 Å². The van der Waals surface area contributed by atoms with Crippen molar-refractivity contribution < 1.29 is 28.7 Å². The molecule has 3 amide bonds. The van der Waals surface area contributed by atoms with Crippen LogP contribution in [0.15, 0.2) is 30.3 Å². The van der Waals surface area contributed by atoms with Gasteiger partial charge in [0.15, 0.2) is 0 Å². The molecule has 1 aromatic carbocycles. The van der Waals surface area contributed by atoms with Crippen molar-refractivity contribution in [1.82, 2.24) is 15.1 Å². The lowest BCUT2D eigenvalue weighted by Gasteiger charge is -2.34. The quantitative estimate of drug-likeness (QED) is 0.455. The van der Waals surface area contributed by atoms with Gasteiger partial charge in [-0.2, -0.15) is 0 Å². The first-order valence-electron chi connectivity index (χ1n) is 13.5. The molecule has 1 saturated heterocycles. The fourth-order valence-electron chi connectivity index (χ4n) is 4.62. The van der Waals surface area contributed by atoms with Crippen LogP contribution < -0.4 is 5.32 Å². The third-order valence-corrected chi connectivity index (χ3v) is 6.35. The molecule has 212 valence electrons. The molecule has 1 N–H and O–H groups in total. The normalized spacial score (nSPS) is 17.2. The van der Waals surface area contributed by atoms with Gasteiger partial charge < -0.3 is 19.7 Å². The lowest BCUT2D eigenvalue weighted by atomic mass is 9.98. The van der Waals surface area contributed by atoms with Crippen molar-refractivity contribution in [3.63, 3.8) is 0 Å². The average molecular weight is 532 g/mol. The molecule has 0 radical (unpaired) electrons. The number of likely N-dealkylation sites (N-methyl/N-ethyl adjacent to an activating group) is 1. The Kier molecular flexibility index (Phi) is 11.2. The topological polar surface area (TPSA) is 105 Å². The number of hydrogen-bond donors (Lipinski definition) is 1. The van der Waals surface area contributed by atoms with Crippen molar-refractivity contribution in [2.24, 2.45) is 11.8 Å². The molecule has 0 bridgehead atoms. The fraction of sp³-hybridized carbons (Fsp3) is 0.655. The van der Waals surface area contributed by atoms with Crippen molar-refractivity contribution in [2.45, 2.75) is 98.1 Å². The lowest BCUT2D eigenvalue weighted by Crippen LogP contribution is -2.57. The van der Waals surface area contributed by atoms with Crippen LogP contribution in [-0.4, -0.2) is 71.0 Å². The Morgan fingerprint density at radius 2 is 1.71 bits per heavy atom. The van der Waals surface area contributed by atoms with Gasteiger partial charge in [-0.3, -0.25) is 14.5 Å². The summed E-state index contributed by atoms with van der Waals surface area (Å²) in [5, 5.41) is 2.89. The van der Waals surface area contributed by atoms with Crippen LogP contribution >= 0.6 is 0 Å². The van der Waals surface area contributed by atoms with Crippen LogP contribution in [0.2, 0.25) is 0 Å². The second-order valence-electron chi connectivity index (χ2n) is 11.8. The predicted molar refractivity (Wildman–Crippen MR) is 145 cm³/mol. The Morgan fingerprint density at radius 3 is 2.26 bits per heavy atom. The summed E-state index contributed by atoms with van der Waals surface area (Å²) < 4.78 is 11.0. The highest BCUT2D eigenvalue weighted by molar-refractivity contribution is 5.93. The van der Waals surface area contributed by atoms with Crippen LogP contribution in [0, 0.1) is 11.8 Å². The highest BCUT2D eigenvalue weighted by Crippen LogP contribution is 2.23. The van der Waals surface area contributed by atoms with Crippen LogP contribution in [0.5, 0.6) is 0 Å². The van der Waals surface area contributed by atoms with E-state index in [0.29, 0.717) is 25.8 Å². The van der Waals surface area contributed by atoms with E-state index in [1.165, 1.54) is 16.8 Å². The molecule has 0 aromatic heterocycles. The minimum absolute atomic E-state index is 0.108. The fourth-order valence-corrected chi connectivity index (χ4v) is 4.62. The minimum atomic E-state index is -0.836. The van der Waals surface area contributed by atoms with E-state index in [1.807, 2.05) is 58.0 Å². The lowest BCUT2D eigenvalue weighted by molar-refractivity contribution is -0.155. The maximum Gasteiger partial charge on any atom is 0.410 e. The minimum Gasteiger partial charge on any atom is -0.459 e. The first-order chi connectivity index (χ1) is 17.7. The summed E-state index contributed by atoms with van der Waals surface area (Å²) in [6.45, 7) is 13.4. The molecule has 0 aliphatic carbocycles. The van der Waals surface area contributed by atoms with E-state index in [9.17, 15) is 19.2 Å². The van der Waals surface area contributed by atoms with Crippen LogP contribution in [-0.2, 0) is 30.5 Å². The zero-order chi connectivity index (χ0) is 28.6. The molecule has 2 rings (SSSR count). The van der Waals surface area contributed by atoms with Gasteiger partial charge in [-0.05, 0) is 57.4 Å². The number of benzene rings is 1. The van der Waals surface area contributed by atoms with E-state index in [-0.39, 0.29) is 24.3 Å². The van der Waals surface area contributed by atoms with Gasteiger partial charge in [-0.15, -0.1) is 0 Å². The molecule has 38 heavy (non-hydrogen) atoms. The summed E-state index contributed by atoms with van der Waals surface area (Å²) in [6, 6.07) is 7.02. The van der Waals surface area contributed by atoms with E-state index in [4.69, 9.17) is 9.47 Å². The number of carbonyl (C=O) groups is 4. The second kappa shape index (κ2) is 13.6. The monoisotopic (exact) mass is 531 g/mol. The molecule has 1 aliphatic heterocycles. The number of rotatable bonds is 10. The molecular weight excluding hydrogens is 486 g/mol. The van der Waals surface area contributed by atoms with Gasteiger partial charge in [0.1, 0.15) is 30.3 Å². The third kappa shape index (κ3) is 9.03. The SMILES string of the molecule is CC(C)C[C@H](NC(=O)[C@H](C(C)C)N(C)C(=O)OC(C)(C)C)C(=O)N1CCC[C@H]1C(=O)OCc1ccccc1. The van der Waals surface area contributed by atoms with E-state index < -0.39 is 41.7 Å². The maximum absolute atomic E-state index is 13.7. The summed E-state index contributed by atoms with van der Waals surface area (Å²) in [6.07, 6.45) is 0.972. The van der Waals surface area contributed by atoms with Gasteiger partial charge in [0, 0.05) is 13.6 Å². The van der Waals surface area contributed by atoms with Gasteiger partial charge in [-0.25, -0.2) is 9.59 Å². The number of hydrogen-bond acceptors (Lipinski definition) is 6. The summed E-state index contributed by atoms with van der Waals surface area (Å²) in [4.78, 5) is 55.6. The Morgan fingerprint density at radius 1 is 1.08 bits per heavy atom. The summed E-state index contributed by atoms with van der Waals surface area (Å²) in [5.41, 5.74) is 0.162. The first-order valence-corrected chi connectivity index (χ1v) is 13.5. The molecule has 3 atom stereocenters. The molecule has 0 unspecified atom stereocenters. The van der Waals surface area contributed by atoms with Crippen LogP contribution in [0.25, 0.3) is 0 Å². The number of ether oxygens (including phenoxy) is 2. The Balaban J connectivity index is 2.15. The maximum atomic E-state index is 13.7. The van der Waals surface area contributed by atoms with E-state index >= 15 is 0 Å². The van der Waals surface area contributed by atoms with Gasteiger partial charge in [0.05, 0.1) is 0 Å². The van der Waals surface area contributed by atoms with Crippen molar-refractivity contribution in [3.8, 4) is 0 Å². The Bertz CT molecular complexity index is 957. The van der Waals surface area contributed by atoms with Crippen LogP contribution in [0.1, 0.15) is 73.3 Å². The summed E-state index contributed by atoms with van der Waals surface area (Å²) in [7, 11) is 1.52. The molecule has 1 aromatic rings. The van der Waals surface area contributed by atoms with Crippen molar-refractivity contribution in [3.05, 3.63) is 35.9 Å². The second-order valence-corrected chi connectivity index (χ2v) is 11.8. The van der Waals surface area contributed by atoms with Crippen molar-refractivity contribution in [2.75, 3.05) is 13.6 Å². The van der Waals surface area contributed by atoms with Gasteiger partial charge in [0.25, 0.3) is 0 Å². The third-order valence-electron chi connectivity index (χ3n) is 6.35. The number of likely N-dealkylation sites (tertiary alicyclic amines) is 1. The number of nitrogens with zero attached hydrogens (tertiary/aromatic N) is 2. The highest BCUT2D eigenvalue weighted by Gasteiger charge is 2.40. The van der Waals surface area contributed by atoms with Crippen LogP contribution in [0.3, 0.4) is 0 Å². The molecule has 0 spiro atoms. The number of carbonyl (C=O) groups excluding carboxylic acids is 4. The van der Waals surface area contributed by atoms with E-state index in [2.05, 4.69) is 5.32 Å². The number of esters is 1.